The van der Waals surface area contributed by atoms with Crippen molar-refractivity contribution in [2.75, 3.05) is 13.7 Å². The van der Waals surface area contributed by atoms with Crippen molar-refractivity contribution in [3.05, 3.63) is 33.8 Å². The van der Waals surface area contributed by atoms with Gasteiger partial charge in [-0.1, -0.05) is 13.8 Å². The first-order valence-electron chi connectivity index (χ1n) is 6.36. The van der Waals surface area contributed by atoms with E-state index >= 15 is 0 Å². The minimum atomic E-state index is -0.579. The van der Waals surface area contributed by atoms with Gasteiger partial charge in [-0.2, -0.15) is 0 Å². The Balaban J connectivity index is 3.25. The molecule has 0 radical (unpaired) electrons. The van der Waals surface area contributed by atoms with E-state index in [9.17, 15) is 8.78 Å². The molecular formula is C14H20BrF2NO. The molecule has 0 saturated heterocycles. The molecule has 108 valence electrons. The highest BCUT2D eigenvalue weighted by atomic mass is 79.9. The van der Waals surface area contributed by atoms with Gasteiger partial charge in [-0.3, -0.25) is 0 Å². The molecule has 0 aliphatic carbocycles. The average Bonchev–Trinajstić information content (AvgIpc) is 2.37. The van der Waals surface area contributed by atoms with Crippen molar-refractivity contribution in [3.8, 4) is 0 Å². The summed E-state index contributed by atoms with van der Waals surface area (Å²) in [7, 11) is 1.68. The highest BCUT2D eigenvalue weighted by Gasteiger charge is 2.30. The average molecular weight is 336 g/mol. The quantitative estimate of drug-likeness (QED) is 0.792. The summed E-state index contributed by atoms with van der Waals surface area (Å²) < 4.78 is 34.1. The Morgan fingerprint density at radius 1 is 1.32 bits per heavy atom. The molecule has 0 bridgehead atoms. The van der Waals surface area contributed by atoms with Crippen molar-refractivity contribution in [1.82, 2.24) is 5.32 Å². The Morgan fingerprint density at radius 3 is 2.42 bits per heavy atom. The van der Waals surface area contributed by atoms with Crippen LogP contribution in [0.5, 0.6) is 0 Å². The molecule has 0 amide bonds. The third-order valence-electron chi connectivity index (χ3n) is 3.05. The third-order valence-corrected chi connectivity index (χ3v) is 3.66. The van der Waals surface area contributed by atoms with Gasteiger partial charge < -0.3 is 10.1 Å². The van der Waals surface area contributed by atoms with E-state index in [0.717, 1.165) is 0 Å². The zero-order valence-electron chi connectivity index (χ0n) is 11.6. The molecule has 5 heteroatoms. The predicted octanol–water partition coefficient (Wildman–Crippen LogP) is 4.05. The van der Waals surface area contributed by atoms with E-state index in [-0.39, 0.29) is 22.1 Å². The van der Waals surface area contributed by atoms with Crippen LogP contribution < -0.4 is 5.32 Å². The SMILES string of the molecule is CCOC(C(C)C)C(NC)c1c(F)ccc(Br)c1F. The van der Waals surface area contributed by atoms with Crippen LogP contribution in [-0.4, -0.2) is 19.8 Å². The van der Waals surface area contributed by atoms with Gasteiger partial charge in [0.05, 0.1) is 16.6 Å². The Bertz CT molecular complexity index is 426. The van der Waals surface area contributed by atoms with E-state index in [1.165, 1.54) is 12.1 Å². The van der Waals surface area contributed by atoms with Crippen LogP contribution in [0.1, 0.15) is 32.4 Å². The molecule has 1 aromatic carbocycles. The van der Waals surface area contributed by atoms with Crippen LogP contribution >= 0.6 is 15.9 Å². The van der Waals surface area contributed by atoms with Gasteiger partial charge in [0.2, 0.25) is 0 Å². The van der Waals surface area contributed by atoms with Crippen LogP contribution in [0, 0.1) is 17.6 Å². The minimum Gasteiger partial charge on any atom is -0.376 e. The lowest BCUT2D eigenvalue weighted by Gasteiger charge is -2.30. The number of rotatable bonds is 6. The number of hydrogen-bond donors (Lipinski definition) is 1. The van der Waals surface area contributed by atoms with Gasteiger partial charge in [-0.25, -0.2) is 8.78 Å². The second-order valence-corrected chi connectivity index (χ2v) is 5.54. The van der Waals surface area contributed by atoms with Crippen LogP contribution in [-0.2, 0) is 4.74 Å². The summed E-state index contributed by atoms with van der Waals surface area (Å²) in [6.45, 7) is 6.31. The molecule has 1 rings (SSSR count). The highest BCUT2D eigenvalue weighted by molar-refractivity contribution is 9.10. The van der Waals surface area contributed by atoms with Crippen LogP contribution in [0.3, 0.4) is 0 Å². The zero-order chi connectivity index (χ0) is 14.6. The number of nitrogens with one attached hydrogen (secondary N) is 1. The summed E-state index contributed by atoms with van der Waals surface area (Å²) in [4.78, 5) is 0. The Hall–Kier alpha value is -0.520. The maximum atomic E-state index is 14.2. The highest BCUT2D eigenvalue weighted by Crippen LogP contribution is 2.31. The third kappa shape index (κ3) is 3.74. The molecule has 2 unspecified atom stereocenters. The molecule has 0 heterocycles. The van der Waals surface area contributed by atoms with Gasteiger partial charge in [-0.15, -0.1) is 0 Å². The number of halogens is 3. The molecule has 0 saturated carbocycles. The molecule has 1 N–H and O–H groups in total. The summed E-state index contributed by atoms with van der Waals surface area (Å²) in [5, 5.41) is 2.97. The molecule has 0 aliphatic heterocycles. The van der Waals surface area contributed by atoms with E-state index in [0.29, 0.717) is 6.61 Å². The summed E-state index contributed by atoms with van der Waals surface area (Å²) in [5.74, 6) is -1.01. The predicted molar refractivity (Wildman–Crippen MR) is 76.1 cm³/mol. The van der Waals surface area contributed by atoms with Crippen molar-refractivity contribution < 1.29 is 13.5 Å². The maximum absolute atomic E-state index is 14.2. The number of ether oxygens (including phenoxy) is 1. The monoisotopic (exact) mass is 335 g/mol. The van der Waals surface area contributed by atoms with E-state index in [1.54, 1.807) is 7.05 Å². The Kier molecular flexibility index (Phi) is 6.36. The standard InChI is InChI=1S/C14H20BrF2NO/c1-5-19-14(8(2)3)13(18-4)11-10(16)7-6-9(15)12(11)17/h6-8,13-14,18H,5H2,1-4H3. The van der Waals surface area contributed by atoms with Crippen molar-refractivity contribution in [2.24, 2.45) is 5.92 Å². The largest absolute Gasteiger partial charge is 0.376 e. The lowest BCUT2D eigenvalue weighted by Crippen LogP contribution is -2.36. The number of likely N-dealkylation sites (N-methyl/N-ethyl adjacent to an activating group) is 1. The molecule has 0 fully saturated rings. The van der Waals surface area contributed by atoms with Gasteiger partial charge in [-0.05, 0) is 48.0 Å². The van der Waals surface area contributed by atoms with E-state index in [2.05, 4.69) is 21.2 Å². The summed E-state index contributed by atoms with van der Waals surface area (Å²) in [6, 6.07) is 2.10. The number of benzene rings is 1. The van der Waals surface area contributed by atoms with E-state index in [1.807, 2.05) is 20.8 Å². The Labute approximate surface area is 121 Å². The lowest BCUT2D eigenvalue weighted by molar-refractivity contribution is 0.00292. The zero-order valence-corrected chi connectivity index (χ0v) is 13.2. The van der Waals surface area contributed by atoms with Crippen LogP contribution in [0.2, 0.25) is 0 Å². The van der Waals surface area contributed by atoms with E-state index in [4.69, 9.17) is 4.74 Å². The maximum Gasteiger partial charge on any atom is 0.145 e. The minimum absolute atomic E-state index is 0.0176. The van der Waals surface area contributed by atoms with Gasteiger partial charge in [0.1, 0.15) is 11.6 Å². The van der Waals surface area contributed by atoms with Crippen molar-refractivity contribution in [2.45, 2.75) is 32.9 Å². The van der Waals surface area contributed by atoms with Crippen molar-refractivity contribution in [3.63, 3.8) is 0 Å². The molecule has 0 aliphatic rings. The fourth-order valence-electron chi connectivity index (χ4n) is 2.17. The Morgan fingerprint density at radius 2 is 1.95 bits per heavy atom. The second-order valence-electron chi connectivity index (χ2n) is 4.69. The first kappa shape index (κ1) is 16.5. The number of hydrogen-bond acceptors (Lipinski definition) is 2. The van der Waals surface area contributed by atoms with Gasteiger partial charge in [0.25, 0.3) is 0 Å². The topological polar surface area (TPSA) is 21.3 Å². The van der Waals surface area contributed by atoms with E-state index < -0.39 is 17.7 Å². The van der Waals surface area contributed by atoms with Crippen LogP contribution in [0.15, 0.2) is 16.6 Å². The summed E-state index contributed by atoms with van der Waals surface area (Å²) in [6.07, 6.45) is -0.298. The molecule has 2 atom stereocenters. The molecule has 2 nitrogen and oxygen atoms in total. The second kappa shape index (κ2) is 7.31. The fraction of sp³-hybridized carbons (Fsp3) is 0.571. The van der Waals surface area contributed by atoms with Crippen LogP contribution in [0.25, 0.3) is 0 Å². The van der Waals surface area contributed by atoms with Crippen molar-refractivity contribution >= 4 is 15.9 Å². The lowest BCUT2D eigenvalue weighted by atomic mass is 9.92. The van der Waals surface area contributed by atoms with Gasteiger partial charge in [0, 0.05) is 12.2 Å². The van der Waals surface area contributed by atoms with Gasteiger partial charge in [0.15, 0.2) is 0 Å². The summed E-state index contributed by atoms with van der Waals surface area (Å²) in [5.41, 5.74) is 0.0176. The molecule has 19 heavy (non-hydrogen) atoms. The first-order valence-corrected chi connectivity index (χ1v) is 7.15. The fourth-order valence-corrected chi connectivity index (χ4v) is 2.51. The van der Waals surface area contributed by atoms with Crippen LogP contribution in [0.4, 0.5) is 8.78 Å². The molecule has 0 spiro atoms. The van der Waals surface area contributed by atoms with Crippen molar-refractivity contribution in [1.29, 1.82) is 0 Å². The first-order chi connectivity index (χ1) is 8.93. The smallest absolute Gasteiger partial charge is 0.145 e. The molecular weight excluding hydrogens is 316 g/mol. The molecule has 1 aromatic rings. The van der Waals surface area contributed by atoms with Gasteiger partial charge >= 0.3 is 0 Å². The summed E-state index contributed by atoms with van der Waals surface area (Å²) >= 11 is 3.09. The molecule has 0 aromatic heterocycles. The normalized spacial score (nSPS) is 14.7.